The van der Waals surface area contributed by atoms with Crippen LogP contribution in [0.5, 0.6) is 0 Å². The van der Waals surface area contributed by atoms with Crippen LogP contribution in [0.3, 0.4) is 0 Å². The molecule has 0 aromatic carbocycles. The molecular weight excluding hydrogens is 254 g/mol. The summed E-state index contributed by atoms with van der Waals surface area (Å²) in [6.45, 7) is 6.98. The molecule has 4 nitrogen and oxygen atoms in total. The van der Waals surface area contributed by atoms with Crippen molar-refractivity contribution in [1.29, 1.82) is 0 Å². The Bertz CT molecular complexity index is 420. The zero-order chi connectivity index (χ0) is 14.3. The van der Waals surface area contributed by atoms with E-state index in [1.807, 2.05) is 25.7 Å². The molecule has 1 saturated carbocycles. The molecule has 0 spiro atoms. The first-order valence-electron chi connectivity index (χ1n) is 7.74. The fourth-order valence-electron chi connectivity index (χ4n) is 3.31. The van der Waals surface area contributed by atoms with Crippen LogP contribution in [0.15, 0.2) is 11.6 Å². The minimum atomic E-state index is -0.440. The number of morpholine rings is 1. The summed E-state index contributed by atoms with van der Waals surface area (Å²) >= 11 is 0. The largest absolute Gasteiger partial charge is 0.444 e. The van der Waals surface area contributed by atoms with Gasteiger partial charge in [0.1, 0.15) is 5.60 Å². The number of carbonyl (C=O) groups is 1. The van der Waals surface area contributed by atoms with E-state index in [4.69, 9.17) is 9.47 Å². The summed E-state index contributed by atoms with van der Waals surface area (Å²) in [7, 11) is 0. The molecule has 0 N–H and O–H groups in total. The van der Waals surface area contributed by atoms with Gasteiger partial charge in [-0.15, -0.1) is 0 Å². The van der Waals surface area contributed by atoms with Crippen LogP contribution in [-0.2, 0) is 9.47 Å². The van der Waals surface area contributed by atoms with Crippen LogP contribution in [0.2, 0.25) is 0 Å². The monoisotopic (exact) mass is 279 g/mol. The van der Waals surface area contributed by atoms with Gasteiger partial charge in [-0.2, -0.15) is 0 Å². The second kappa shape index (κ2) is 5.06. The van der Waals surface area contributed by atoms with Crippen molar-refractivity contribution in [1.82, 2.24) is 4.90 Å². The summed E-state index contributed by atoms with van der Waals surface area (Å²) in [5.74, 6) is 0.763. The fourth-order valence-corrected chi connectivity index (χ4v) is 3.31. The number of rotatable bonds is 1. The van der Waals surface area contributed by atoms with E-state index in [0.717, 1.165) is 12.3 Å². The van der Waals surface area contributed by atoms with E-state index in [0.29, 0.717) is 13.2 Å². The normalized spacial score (nSPS) is 30.6. The number of nitrogens with zero attached hydrogens (tertiary/aromatic N) is 1. The highest BCUT2D eigenvalue weighted by atomic mass is 16.6. The second-order valence-electron chi connectivity index (χ2n) is 7.22. The van der Waals surface area contributed by atoms with E-state index >= 15 is 0 Å². The van der Waals surface area contributed by atoms with E-state index < -0.39 is 5.60 Å². The van der Waals surface area contributed by atoms with Crippen molar-refractivity contribution in [2.45, 2.75) is 64.1 Å². The quantitative estimate of drug-likeness (QED) is 0.692. The predicted octanol–water partition coefficient (Wildman–Crippen LogP) is 3.12. The number of amides is 1. The van der Waals surface area contributed by atoms with Gasteiger partial charge in [-0.05, 0) is 46.0 Å². The SMILES string of the molecule is CC(C)(C)OC(=O)N1C2C=C(C3CCC3)CC1COC2. The molecule has 2 atom stereocenters. The number of ether oxygens (including phenoxy) is 2. The first kappa shape index (κ1) is 13.9. The van der Waals surface area contributed by atoms with Gasteiger partial charge in [0.05, 0.1) is 25.3 Å². The van der Waals surface area contributed by atoms with Gasteiger partial charge in [-0.1, -0.05) is 18.1 Å². The van der Waals surface area contributed by atoms with Crippen molar-refractivity contribution in [3.8, 4) is 0 Å². The van der Waals surface area contributed by atoms with Gasteiger partial charge in [0.25, 0.3) is 0 Å². The van der Waals surface area contributed by atoms with Gasteiger partial charge in [0.15, 0.2) is 0 Å². The standard InChI is InChI=1S/C16H25NO3/c1-16(2,3)20-15(18)17-13-7-12(11-5-4-6-11)8-14(17)10-19-9-13/h7,11,13-14H,4-6,8-10H2,1-3H3. The molecule has 1 aliphatic carbocycles. The second-order valence-corrected chi connectivity index (χ2v) is 7.22. The van der Waals surface area contributed by atoms with Gasteiger partial charge < -0.3 is 9.47 Å². The van der Waals surface area contributed by atoms with Crippen molar-refractivity contribution in [3.63, 3.8) is 0 Å². The molecule has 2 unspecified atom stereocenters. The van der Waals surface area contributed by atoms with Crippen molar-refractivity contribution in [2.75, 3.05) is 13.2 Å². The molecular formula is C16H25NO3. The molecule has 20 heavy (non-hydrogen) atoms. The van der Waals surface area contributed by atoms with Crippen molar-refractivity contribution in [2.24, 2.45) is 5.92 Å². The summed E-state index contributed by atoms with van der Waals surface area (Å²) in [4.78, 5) is 14.3. The van der Waals surface area contributed by atoms with E-state index in [2.05, 4.69) is 6.08 Å². The Kier molecular flexibility index (Phi) is 3.53. The maximum Gasteiger partial charge on any atom is 0.411 e. The lowest BCUT2D eigenvalue weighted by atomic mass is 9.75. The van der Waals surface area contributed by atoms with Crippen LogP contribution in [0.1, 0.15) is 46.5 Å². The third kappa shape index (κ3) is 2.71. The zero-order valence-corrected chi connectivity index (χ0v) is 12.7. The molecule has 2 heterocycles. The fraction of sp³-hybridized carbons (Fsp3) is 0.812. The van der Waals surface area contributed by atoms with Crippen LogP contribution in [0, 0.1) is 5.92 Å². The molecule has 3 rings (SSSR count). The molecule has 1 amide bonds. The summed E-state index contributed by atoms with van der Waals surface area (Å²) in [6, 6.07) is 0.220. The highest BCUT2D eigenvalue weighted by molar-refractivity contribution is 5.70. The maximum atomic E-state index is 12.4. The van der Waals surface area contributed by atoms with Crippen LogP contribution in [-0.4, -0.2) is 41.9 Å². The minimum Gasteiger partial charge on any atom is -0.444 e. The number of carbonyl (C=O) groups excluding carboxylic acids is 1. The van der Waals surface area contributed by atoms with Gasteiger partial charge in [-0.25, -0.2) is 4.79 Å². The number of fused-ring (bicyclic) bond motifs is 2. The van der Waals surface area contributed by atoms with Gasteiger partial charge in [0.2, 0.25) is 0 Å². The topological polar surface area (TPSA) is 38.8 Å². The molecule has 4 heteroatoms. The van der Waals surface area contributed by atoms with Gasteiger partial charge in [-0.3, -0.25) is 4.90 Å². The van der Waals surface area contributed by atoms with E-state index in [9.17, 15) is 4.79 Å². The van der Waals surface area contributed by atoms with Crippen LogP contribution < -0.4 is 0 Å². The molecule has 0 aromatic rings. The lowest BCUT2D eigenvalue weighted by Gasteiger charge is -2.46. The summed E-state index contributed by atoms with van der Waals surface area (Å²) in [5, 5.41) is 0. The van der Waals surface area contributed by atoms with Crippen LogP contribution >= 0.6 is 0 Å². The lowest BCUT2D eigenvalue weighted by Crippen LogP contribution is -2.57. The van der Waals surface area contributed by atoms with Crippen molar-refractivity contribution < 1.29 is 14.3 Å². The first-order valence-corrected chi connectivity index (χ1v) is 7.74. The Morgan fingerprint density at radius 2 is 2.10 bits per heavy atom. The van der Waals surface area contributed by atoms with Crippen LogP contribution in [0.4, 0.5) is 4.79 Å². The molecule has 0 aromatic heterocycles. The van der Waals surface area contributed by atoms with E-state index in [1.54, 1.807) is 5.57 Å². The summed E-state index contributed by atoms with van der Waals surface area (Å²) in [5.41, 5.74) is 1.11. The third-order valence-electron chi connectivity index (χ3n) is 4.46. The Labute approximate surface area is 121 Å². The molecule has 2 aliphatic heterocycles. The molecule has 1 saturated heterocycles. The van der Waals surface area contributed by atoms with E-state index in [1.165, 1.54) is 19.3 Å². The molecule has 112 valence electrons. The Balaban J connectivity index is 1.75. The van der Waals surface area contributed by atoms with Crippen molar-refractivity contribution in [3.05, 3.63) is 11.6 Å². The smallest absolute Gasteiger partial charge is 0.411 e. The number of hydrogen-bond acceptors (Lipinski definition) is 3. The van der Waals surface area contributed by atoms with E-state index in [-0.39, 0.29) is 18.2 Å². The average Bonchev–Trinajstić information content (AvgIpc) is 2.22. The Morgan fingerprint density at radius 1 is 1.35 bits per heavy atom. The Hall–Kier alpha value is -1.03. The Morgan fingerprint density at radius 3 is 2.65 bits per heavy atom. The number of hydrogen-bond donors (Lipinski definition) is 0. The average molecular weight is 279 g/mol. The van der Waals surface area contributed by atoms with Gasteiger partial charge >= 0.3 is 6.09 Å². The molecule has 3 aliphatic rings. The first-order chi connectivity index (χ1) is 9.44. The van der Waals surface area contributed by atoms with Crippen LogP contribution in [0.25, 0.3) is 0 Å². The molecule has 2 fully saturated rings. The zero-order valence-electron chi connectivity index (χ0n) is 12.7. The summed E-state index contributed by atoms with van der Waals surface area (Å²) in [6.07, 6.45) is 7.02. The molecule has 2 bridgehead atoms. The van der Waals surface area contributed by atoms with Gasteiger partial charge in [0, 0.05) is 0 Å². The minimum absolute atomic E-state index is 0.0629. The predicted molar refractivity (Wildman–Crippen MR) is 76.5 cm³/mol. The summed E-state index contributed by atoms with van der Waals surface area (Å²) < 4.78 is 11.2. The third-order valence-corrected chi connectivity index (χ3v) is 4.46. The molecule has 0 radical (unpaired) electrons. The lowest BCUT2D eigenvalue weighted by molar-refractivity contribution is -0.0549. The van der Waals surface area contributed by atoms with Crippen molar-refractivity contribution >= 4 is 6.09 Å². The highest BCUT2D eigenvalue weighted by Crippen LogP contribution is 2.40. The highest BCUT2D eigenvalue weighted by Gasteiger charge is 2.41. The maximum absolute atomic E-state index is 12.4.